The van der Waals surface area contributed by atoms with Gasteiger partial charge < -0.3 is 5.11 Å². The van der Waals surface area contributed by atoms with Crippen LogP contribution in [0.25, 0.3) is 0 Å². The average molecular weight is 237 g/mol. The van der Waals surface area contributed by atoms with Gasteiger partial charge in [-0.1, -0.05) is 11.6 Å². The van der Waals surface area contributed by atoms with Gasteiger partial charge in [0.15, 0.2) is 0 Å². The number of halogens is 1. The van der Waals surface area contributed by atoms with E-state index < -0.39 is 21.0 Å². The van der Waals surface area contributed by atoms with Gasteiger partial charge in [-0.15, -0.1) is 0 Å². The first-order chi connectivity index (χ1) is 6.32. The molecule has 0 aliphatic rings. The second-order valence-corrected chi connectivity index (χ2v) is 4.22. The molecule has 1 aromatic rings. The van der Waals surface area contributed by atoms with Crippen molar-refractivity contribution in [2.45, 2.75) is 4.90 Å². The van der Waals surface area contributed by atoms with Crippen LogP contribution in [-0.2, 0) is 10.1 Å². The van der Waals surface area contributed by atoms with E-state index in [4.69, 9.17) is 21.3 Å². The van der Waals surface area contributed by atoms with E-state index >= 15 is 0 Å². The molecule has 0 saturated carbocycles. The van der Waals surface area contributed by atoms with Gasteiger partial charge in [0.2, 0.25) is 0 Å². The Hall–Kier alpha value is -1.11. The maximum Gasteiger partial charge on any atom is 0.335 e. The summed E-state index contributed by atoms with van der Waals surface area (Å²) in [5, 5.41) is 8.32. The lowest BCUT2D eigenvalue weighted by molar-refractivity contribution is 0.0696. The number of hydrogen-bond donors (Lipinski definition) is 2. The third-order valence-corrected chi connectivity index (χ3v) is 2.79. The van der Waals surface area contributed by atoms with Gasteiger partial charge in [0.05, 0.1) is 10.6 Å². The Morgan fingerprint density at radius 2 is 1.93 bits per heavy atom. The summed E-state index contributed by atoms with van der Waals surface area (Å²) in [4.78, 5) is 9.86. The van der Waals surface area contributed by atoms with Gasteiger partial charge in [0.25, 0.3) is 10.1 Å². The van der Waals surface area contributed by atoms with E-state index in [0.29, 0.717) is 0 Å². The minimum atomic E-state index is -4.48. The lowest BCUT2D eigenvalue weighted by Crippen LogP contribution is -2.03. The van der Waals surface area contributed by atoms with E-state index in [-0.39, 0.29) is 10.6 Å². The minimum Gasteiger partial charge on any atom is -0.478 e. The van der Waals surface area contributed by atoms with Gasteiger partial charge in [-0.05, 0) is 18.2 Å². The van der Waals surface area contributed by atoms with Gasteiger partial charge in [-0.3, -0.25) is 4.55 Å². The van der Waals surface area contributed by atoms with E-state index in [1.807, 2.05) is 0 Å². The van der Waals surface area contributed by atoms with Crippen LogP contribution in [-0.4, -0.2) is 24.0 Å². The average Bonchev–Trinajstić information content (AvgIpc) is 2.02. The van der Waals surface area contributed by atoms with Crippen LogP contribution in [0.4, 0.5) is 0 Å². The number of carboxylic acids is 1. The monoisotopic (exact) mass is 236 g/mol. The molecule has 0 amide bonds. The molecular formula is C7H5ClO5S. The van der Waals surface area contributed by atoms with Crippen LogP contribution in [0.2, 0.25) is 5.02 Å². The summed E-state index contributed by atoms with van der Waals surface area (Å²) in [7, 11) is -4.48. The molecule has 2 N–H and O–H groups in total. The van der Waals surface area contributed by atoms with Crippen molar-refractivity contribution in [1.82, 2.24) is 0 Å². The molecule has 0 atom stereocenters. The Bertz CT molecular complexity index is 479. The zero-order valence-corrected chi connectivity index (χ0v) is 8.21. The van der Waals surface area contributed by atoms with Crippen molar-refractivity contribution in [3.8, 4) is 0 Å². The van der Waals surface area contributed by atoms with E-state index in [2.05, 4.69) is 0 Å². The molecular weight excluding hydrogens is 232 g/mol. The van der Waals surface area contributed by atoms with Crippen molar-refractivity contribution in [3.63, 3.8) is 0 Å². The molecule has 0 unspecified atom stereocenters. The smallest absolute Gasteiger partial charge is 0.335 e. The molecule has 7 heteroatoms. The lowest BCUT2D eigenvalue weighted by atomic mass is 10.2. The highest BCUT2D eigenvalue weighted by Crippen LogP contribution is 2.22. The lowest BCUT2D eigenvalue weighted by Gasteiger charge is -2.01. The SMILES string of the molecule is O=C(O)c1ccc(Cl)c(S(=O)(=O)O)c1. The van der Waals surface area contributed by atoms with Gasteiger partial charge in [-0.2, -0.15) is 8.42 Å². The molecule has 0 bridgehead atoms. The van der Waals surface area contributed by atoms with Crippen LogP contribution in [0, 0.1) is 0 Å². The summed E-state index contributed by atoms with van der Waals surface area (Å²) in [5.74, 6) is -1.30. The van der Waals surface area contributed by atoms with E-state index in [9.17, 15) is 13.2 Å². The molecule has 1 rings (SSSR count). The number of carbonyl (C=O) groups is 1. The molecule has 0 saturated heterocycles. The molecule has 0 fully saturated rings. The molecule has 0 spiro atoms. The van der Waals surface area contributed by atoms with Gasteiger partial charge in [0, 0.05) is 0 Å². The molecule has 0 aromatic heterocycles. The highest BCUT2D eigenvalue weighted by Gasteiger charge is 2.16. The van der Waals surface area contributed by atoms with Crippen molar-refractivity contribution >= 4 is 27.7 Å². The number of rotatable bonds is 2. The van der Waals surface area contributed by atoms with Crippen molar-refractivity contribution in [3.05, 3.63) is 28.8 Å². The first-order valence-electron chi connectivity index (χ1n) is 3.32. The van der Waals surface area contributed by atoms with Crippen molar-refractivity contribution in [1.29, 1.82) is 0 Å². The molecule has 0 heterocycles. The second kappa shape index (κ2) is 3.56. The number of benzene rings is 1. The Morgan fingerprint density at radius 3 is 2.36 bits per heavy atom. The Balaban J connectivity index is 3.44. The Morgan fingerprint density at radius 1 is 1.36 bits per heavy atom. The molecule has 0 aliphatic carbocycles. The molecule has 0 radical (unpaired) electrons. The third kappa shape index (κ3) is 2.22. The summed E-state index contributed by atoms with van der Waals surface area (Å²) >= 11 is 5.45. The van der Waals surface area contributed by atoms with Crippen LogP contribution in [0.15, 0.2) is 23.1 Å². The van der Waals surface area contributed by atoms with Gasteiger partial charge >= 0.3 is 5.97 Å². The fourth-order valence-corrected chi connectivity index (χ4v) is 1.83. The van der Waals surface area contributed by atoms with Crippen LogP contribution in [0.3, 0.4) is 0 Å². The maximum atomic E-state index is 10.7. The summed E-state index contributed by atoms with van der Waals surface area (Å²) in [6.45, 7) is 0. The highest BCUT2D eigenvalue weighted by atomic mass is 35.5. The minimum absolute atomic E-state index is 0.225. The third-order valence-electron chi connectivity index (χ3n) is 1.46. The van der Waals surface area contributed by atoms with E-state index in [1.54, 1.807) is 0 Å². The predicted molar refractivity (Wildman–Crippen MR) is 48.2 cm³/mol. The largest absolute Gasteiger partial charge is 0.478 e. The Labute approximate surface area is 84.7 Å². The van der Waals surface area contributed by atoms with Crippen LogP contribution in [0.1, 0.15) is 10.4 Å². The zero-order valence-electron chi connectivity index (χ0n) is 6.64. The molecule has 1 aromatic carbocycles. The van der Waals surface area contributed by atoms with Crippen molar-refractivity contribution in [2.75, 3.05) is 0 Å². The summed E-state index contributed by atoms with van der Waals surface area (Å²) in [6.07, 6.45) is 0. The number of aromatic carboxylic acids is 1. The number of hydrogen-bond acceptors (Lipinski definition) is 3. The van der Waals surface area contributed by atoms with Crippen LogP contribution >= 0.6 is 11.6 Å². The first kappa shape index (κ1) is 11.0. The summed E-state index contributed by atoms with van der Waals surface area (Å²) < 4.78 is 30.1. The van der Waals surface area contributed by atoms with Gasteiger partial charge in [0.1, 0.15) is 4.90 Å². The zero-order chi connectivity index (χ0) is 10.9. The van der Waals surface area contributed by atoms with E-state index in [0.717, 1.165) is 18.2 Å². The standard InChI is InChI=1S/C7H5ClO5S/c8-5-2-1-4(7(9)10)3-6(5)14(11,12)13/h1-3H,(H,9,10)(H,11,12,13). The summed E-state index contributed by atoms with van der Waals surface area (Å²) in [6, 6.07) is 3.02. The van der Waals surface area contributed by atoms with E-state index in [1.165, 1.54) is 0 Å². The topological polar surface area (TPSA) is 91.7 Å². The van der Waals surface area contributed by atoms with Crippen LogP contribution in [0.5, 0.6) is 0 Å². The molecule has 5 nitrogen and oxygen atoms in total. The Kier molecular flexibility index (Phi) is 2.79. The van der Waals surface area contributed by atoms with Gasteiger partial charge in [-0.25, -0.2) is 4.79 Å². The fraction of sp³-hybridized carbons (Fsp3) is 0. The first-order valence-corrected chi connectivity index (χ1v) is 5.14. The highest BCUT2D eigenvalue weighted by molar-refractivity contribution is 7.86. The second-order valence-electron chi connectivity index (χ2n) is 2.43. The normalized spacial score (nSPS) is 11.3. The number of carboxylic acid groups (broad SMARTS) is 1. The fourth-order valence-electron chi connectivity index (χ4n) is 0.834. The van der Waals surface area contributed by atoms with Crippen molar-refractivity contribution in [2.24, 2.45) is 0 Å². The van der Waals surface area contributed by atoms with Crippen molar-refractivity contribution < 1.29 is 22.9 Å². The predicted octanol–water partition coefficient (Wildman–Crippen LogP) is 1.28. The quantitative estimate of drug-likeness (QED) is 0.755. The summed E-state index contributed by atoms with van der Waals surface area (Å²) in [5.41, 5.74) is -0.262. The molecule has 76 valence electrons. The molecule has 0 aliphatic heterocycles. The molecule has 14 heavy (non-hydrogen) atoms. The van der Waals surface area contributed by atoms with Crippen LogP contribution < -0.4 is 0 Å². The maximum absolute atomic E-state index is 10.7.